The average molecular weight is 314 g/mol. The van der Waals surface area contributed by atoms with Gasteiger partial charge in [0.15, 0.2) is 0 Å². The Morgan fingerprint density at radius 2 is 0.875 bits per heavy atom. The predicted octanol–water partition coefficient (Wildman–Crippen LogP) is -3.51. The zero-order valence-electron chi connectivity index (χ0n) is 7.40. The molecule has 0 saturated carbocycles. The molecule has 0 unspecified atom stereocenters. The van der Waals surface area contributed by atoms with Gasteiger partial charge in [0.2, 0.25) is 0 Å². The fraction of sp³-hybridized carbons (Fsp3) is 0. The van der Waals surface area contributed by atoms with Crippen molar-refractivity contribution in [3.8, 4) is 0 Å². The molecule has 0 spiro atoms. The van der Waals surface area contributed by atoms with Crippen LogP contribution in [0.15, 0.2) is 0 Å². The average Bonchev–Trinajstić information content (AvgIpc) is 1.59. The van der Waals surface area contributed by atoms with Crippen molar-refractivity contribution in [1.29, 1.82) is 0 Å². The molecule has 0 aliphatic heterocycles. The first-order valence-electron chi connectivity index (χ1n) is 1.73. The number of carbonyl (C=O) groups is 2. The number of halogens is 1. The van der Waals surface area contributed by atoms with Gasteiger partial charge in [-0.15, -0.1) is 0 Å². The number of aliphatic carboxylic acids is 2. The van der Waals surface area contributed by atoms with Gasteiger partial charge < -0.3 is 44.4 Å². The maximum absolute atomic E-state index is 8.93. The van der Waals surface area contributed by atoms with Gasteiger partial charge in [-0.1, -0.05) is 0 Å². The number of carbonyl (C=O) groups excluding carboxylic acids is 2. The molecular formula is C2H11ClCoN4O8-3. The molecule has 0 bridgehead atoms. The van der Waals surface area contributed by atoms with Crippen molar-refractivity contribution in [3.05, 3.63) is 24.6 Å². The van der Waals surface area contributed by atoms with Crippen molar-refractivity contribution in [2.24, 2.45) is 0 Å². The molecule has 12 nitrogen and oxygen atoms in total. The van der Waals surface area contributed by atoms with E-state index in [-0.39, 0.29) is 41.4 Å². The van der Waals surface area contributed by atoms with Gasteiger partial charge in [-0.3, -0.25) is 0 Å². The van der Waals surface area contributed by atoms with Crippen LogP contribution < -0.4 is 14.9 Å². The third-order valence-electron chi connectivity index (χ3n) is 0.167. The van der Waals surface area contributed by atoms with E-state index in [0.29, 0.717) is 0 Å². The molecule has 0 aliphatic rings. The summed E-state index contributed by atoms with van der Waals surface area (Å²) in [4.78, 5) is 17.9. The van der Waals surface area contributed by atoms with Crippen molar-refractivity contribution in [3.63, 3.8) is 0 Å². The Kier molecular flexibility index (Phi) is 56.3. The van der Waals surface area contributed by atoms with Crippen molar-refractivity contribution >= 4 is 11.9 Å². The molecule has 0 saturated heterocycles. The summed E-state index contributed by atoms with van der Waals surface area (Å²) in [6.07, 6.45) is 0. The Morgan fingerprint density at radius 3 is 0.875 bits per heavy atom. The number of nitrogens with two attached hydrogens (primary N) is 4. The number of hydrogen-bond donors (Lipinski definition) is 3. The van der Waals surface area contributed by atoms with Crippen LogP contribution in [-0.4, -0.2) is 25.9 Å². The van der Waals surface area contributed by atoms with E-state index >= 15 is 0 Å². The van der Waals surface area contributed by atoms with Crippen LogP contribution in [0.25, 0.3) is 24.6 Å². The van der Waals surface area contributed by atoms with Gasteiger partial charge in [0.25, 0.3) is 0 Å². The molecule has 0 heterocycles. The summed E-state index contributed by atoms with van der Waals surface area (Å²) >= 11 is 0. The van der Waals surface area contributed by atoms with Crippen LogP contribution in [0.1, 0.15) is 0 Å². The molecule has 0 fully saturated rings. The van der Waals surface area contributed by atoms with E-state index < -0.39 is 22.2 Å². The van der Waals surface area contributed by atoms with Gasteiger partial charge >= 0.3 is 45.7 Å². The molecule has 0 radical (unpaired) electrons. The number of rotatable bonds is 0. The number of carboxylic acid groups (broad SMARTS) is 2. The van der Waals surface area contributed by atoms with Crippen LogP contribution in [-0.2, 0) is 26.4 Å². The zero-order valence-corrected chi connectivity index (χ0v) is 9.20. The normalized spacial score (nSPS) is 7.50. The van der Waals surface area contributed by atoms with Gasteiger partial charge in [-0.05, 0) is 0 Å². The second-order valence-electron chi connectivity index (χ2n) is 1.01. The Morgan fingerprint density at radius 1 is 0.812 bits per heavy atom. The van der Waals surface area contributed by atoms with Gasteiger partial charge in [-0.25, -0.2) is 0 Å². The van der Waals surface area contributed by atoms with Crippen molar-refractivity contribution in [2.75, 3.05) is 0 Å². The van der Waals surface area contributed by atoms with Crippen LogP contribution in [0.4, 0.5) is 0 Å². The van der Waals surface area contributed by atoms with Gasteiger partial charge in [0.05, 0.1) is 11.9 Å². The molecule has 0 amide bonds. The van der Waals surface area contributed by atoms with E-state index in [4.69, 9.17) is 38.4 Å². The quantitative estimate of drug-likeness (QED) is 0.375. The first kappa shape index (κ1) is 45.2. The molecule has 16 heavy (non-hydrogen) atoms. The standard InChI is InChI=1S/C2H2O4.ClH3O4.Co.4H2N/c3-1(4)2(5)6;2-1(3,4)5;;;;;/h(H,3,4)(H,5,6);2-4H;;4*1H2/q;;+3;4*-1/p-2. The van der Waals surface area contributed by atoms with E-state index in [1.807, 2.05) is 0 Å². The van der Waals surface area contributed by atoms with Crippen LogP contribution in [0.3, 0.4) is 0 Å². The molecule has 0 rings (SSSR count). The Hall–Kier alpha value is -0.584. The first-order chi connectivity index (χ1) is 4.64. The summed E-state index contributed by atoms with van der Waals surface area (Å²) in [5, 5.41) is 17.9. The van der Waals surface area contributed by atoms with Gasteiger partial charge in [0, 0.05) is 0 Å². The zero-order chi connectivity index (χ0) is 9.65. The minimum absolute atomic E-state index is 0. The summed E-state index contributed by atoms with van der Waals surface area (Å²) in [6.45, 7) is 0. The van der Waals surface area contributed by atoms with E-state index in [1.54, 1.807) is 0 Å². The molecule has 106 valence electrons. The molecule has 0 aromatic carbocycles. The van der Waals surface area contributed by atoms with Gasteiger partial charge in [0.1, 0.15) is 0 Å². The van der Waals surface area contributed by atoms with Crippen LogP contribution in [0.2, 0.25) is 0 Å². The number of hydrogen-bond acceptors (Lipinski definition) is 8. The topological polar surface area (TPSA) is 298 Å². The molecule has 0 aromatic rings. The summed E-state index contributed by atoms with van der Waals surface area (Å²) in [5.74, 6) is -4.37. The third kappa shape index (κ3) is 177. The number of carboxylic acids is 2. The predicted molar refractivity (Wildman–Crippen MR) is 37.8 cm³/mol. The van der Waals surface area contributed by atoms with Crippen LogP contribution in [0, 0.1) is 10.2 Å². The molecule has 0 atom stereocenters. The molecule has 0 aromatic heterocycles. The van der Waals surface area contributed by atoms with Crippen molar-refractivity contribution in [1.82, 2.24) is 0 Å². The van der Waals surface area contributed by atoms with E-state index in [1.165, 1.54) is 0 Å². The van der Waals surface area contributed by atoms with E-state index in [2.05, 4.69) is 0 Å². The Bertz CT molecular complexity index is 145. The van der Waals surface area contributed by atoms with Crippen molar-refractivity contribution < 1.29 is 65.5 Å². The van der Waals surface area contributed by atoms with E-state index in [0.717, 1.165) is 0 Å². The van der Waals surface area contributed by atoms with Crippen molar-refractivity contribution in [2.45, 2.75) is 0 Å². The third-order valence-corrected chi connectivity index (χ3v) is 0.167. The second-order valence-corrected chi connectivity index (χ2v) is 1.88. The summed E-state index contributed by atoms with van der Waals surface area (Å²) in [5.41, 5.74) is 0. The fourth-order valence-electron chi connectivity index (χ4n) is 0. The van der Waals surface area contributed by atoms with E-state index in [9.17, 15) is 0 Å². The Balaban J connectivity index is -0.0000000155. The van der Waals surface area contributed by atoms with Crippen LogP contribution in [0.5, 0.6) is 0 Å². The maximum atomic E-state index is 8.93. The molecular weight excluding hydrogens is 302 g/mol. The summed E-state index contributed by atoms with van der Waals surface area (Å²) in [6, 6.07) is 0. The molecule has 11 N–H and O–H groups in total. The second kappa shape index (κ2) is 19.9. The van der Waals surface area contributed by atoms with Crippen LogP contribution >= 0.6 is 0 Å². The molecule has 0 aliphatic carbocycles. The fourth-order valence-corrected chi connectivity index (χ4v) is 0. The monoisotopic (exact) mass is 313 g/mol. The van der Waals surface area contributed by atoms with Gasteiger partial charge in [-0.2, -0.15) is 0 Å². The SMILES string of the molecule is O=C([O-])C(=O)[O-].[Co+3].[NH2-].[NH2-].[NH2-].[NH2-].[O-][Cl+](O)(O)O. The summed E-state index contributed by atoms with van der Waals surface area (Å²) in [7, 11) is -4.19. The Labute approximate surface area is 103 Å². The minimum atomic E-state index is -4.19. The first-order valence-corrected chi connectivity index (χ1v) is 3.05. The summed E-state index contributed by atoms with van der Waals surface area (Å²) < 4.78 is 30.2. The molecule has 14 heteroatoms.